The van der Waals surface area contributed by atoms with Crippen molar-refractivity contribution in [3.63, 3.8) is 0 Å². The standard InChI is InChI=1S/C23H24F2N2O5/c1-22(2,19(28)26-13-23(24,25)20(29)30)12-27-21(31)32-11-18-16-9-5-3-7-14(16)15-8-4-6-10-17(15)18/h3-10,18H,11-13H2,1-2H3,(H,26,28)(H,27,31)(H,29,30). The Bertz CT molecular complexity index is 993. The van der Waals surface area contributed by atoms with Crippen LogP contribution in [0.1, 0.15) is 30.9 Å². The molecule has 0 aromatic heterocycles. The number of hydrogen-bond donors (Lipinski definition) is 3. The van der Waals surface area contributed by atoms with Crippen molar-refractivity contribution < 1.29 is 33.0 Å². The predicted molar refractivity (Wildman–Crippen MR) is 112 cm³/mol. The molecular formula is C23H24F2N2O5. The van der Waals surface area contributed by atoms with Crippen molar-refractivity contribution in [3.8, 4) is 11.1 Å². The van der Waals surface area contributed by atoms with Crippen LogP contribution in [0.4, 0.5) is 13.6 Å². The second-order valence-corrected chi connectivity index (χ2v) is 8.26. The number of benzene rings is 2. The quantitative estimate of drug-likeness (QED) is 0.577. The third-order valence-corrected chi connectivity index (χ3v) is 5.42. The minimum absolute atomic E-state index is 0.0946. The van der Waals surface area contributed by atoms with Crippen molar-refractivity contribution in [1.82, 2.24) is 10.6 Å². The van der Waals surface area contributed by atoms with Gasteiger partial charge in [-0.25, -0.2) is 9.59 Å². The summed E-state index contributed by atoms with van der Waals surface area (Å²) in [5.41, 5.74) is 3.03. The van der Waals surface area contributed by atoms with E-state index in [0.717, 1.165) is 22.3 Å². The molecule has 0 saturated heterocycles. The summed E-state index contributed by atoms with van der Waals surface area (Å²) in [7, 11) is 0. The van der Waals surface area contributed by atoms with Gasteiger partial charge in [-0.1, -0.05) is 48.5 Å². The second-order valence-electron chi connectivity index (χ2n) is 8.26. The largest absolute Gasteiger partial charge is 0.477 e. The van der Waals surface area contributed by atoms with Crippen LogP contribution in [-0.2, 0) is 14.3 Å². The van der Waals surface area contributed by atoms with E-state index in [1.165, 1.54) is 13.8 Å². The highest BCUT2D eigenvalue weighted by molar-refractivity contribution is 5.84. The van der Waals surface area contributed by atoms with Crippen molar-refractivity contribution >= 4 is 18.0 Å². The summed E-state index contributed by atoms with van der Waals surface area (Å²) in [5, 5.41) is 12.8. The smallest absolute Gasteiger partial charge is 0.407 e. The molecule has 2 aromatic rings. The lowest BCUT2D eigenvalue weighted by Crippen LogP contribution is -2.49. The summed E-state index contributed by atoms with van der Waals surface area (Å²) < 4.78 is 31.7. The van der Waals surface area contributed by atoms with E-state index in [-0.39, 0.29) is 19.1 Å². The number of carbonyl (C=O) groups is 3. The molecule has 0 aliphatic heterocycles. The summed E-state index contributed by atoms with van der Waals surface area (Å²) in [4.78, 5) is 34.9. The van der Waals surface area contributed by atoms with E-state index in [1.54, 1.807) is 0 Å². The molecule has 3 N–H and O–H groups in total. The number of nitrogens with one attached hydrogen (secondary N) is 2. The molecule has 1 aliphatic rings. The molecule has 3 rings (SSSR count). The van der Waals surface area contributed by atoms with E-state index in [9.17, 15) is 23.2 Å². The van der Waals surface area contributed by atoms with E-state index in [4.69, 9.17) is 9.84 Å². The Balaban J connectivity index is 1.54. The van der Waals surface area contributed by atoms with Crippen LogP contribution in [0.3, 0.4) is 0 Å². The molecule has 0 radical (unpaired) electrons. The predicted octanol–water partition coefficient (Wildman–Crippen LogP) is 3.39. The van der Waals surface area contributed by atoms with Gasteiger partial charge >= 0.3 is 18.0 Å². The van der Waals surface area contributed by atoms with Crippen molar-refractivity contribution in [1.29, 1.82) is 0 Å². The number of carboxylic acid groups (broad SMARTS) is 1. The normalized spacial score (nSPS) is 13.1. The fourth-order valence-corrected chi connectivity index (χ4v) is 3.53. The number of fused-ring (bicyclic) bond motifs is 3. The first kappa shape index (κ1) is 23.2. The van der Waals surface area contributed by atoms with Crippen molar-refractivity contribution in [2.75, 3.05) is 19.7 Å². The molecule has 170 valence electrons. The Labute approximate surface area is 183 Å². The zero-order valence-corrected chi connectivity index (χ0v) is 17.7. The van der Waals surface area contributed by atoms with Crippen LogP contribution in [-0.4, -0.2) is 48.7 Å². The third kappa shape index (κ3) is 4.87. The van der Waals surface area contributed by atoms with Gasteiger partial charge in [0.05, 0.1) is 12.0 Å². The molecule has 0 spiro atoms. The van der Waals surface area contributed by atoms with Gasteiger partial charge < -0.3 is 20.5 Å². The molecule has 0 unspecified atom stereocenters. The van der Waals surface area contributed by atoms with E-state index in [1.807, 2.05) is 53.8 Å². The number of ether oxygens (including phenoxy) is 1. The Kier molecular flexibility index (Phi) is 6.47. The zero-order chi connectivity index (χ0) is 23.5. The van der Waals surface area contributed by atoms with E-state index < -0.39 is 35.9 Å². The first-order valence-electron chi connectivity index (χ1n) is 10.0. The maximum Gasteiger partial charge on any atom is 0.407 e. The number of aliphatic carboxylic acids is 1. The number of carbonyl (C=O) groups excluding carboxylic acids is 2. The molecule has 7 nitrogen and oxygen atoms in total. The summed E-state index contributed by atoms with van der Waals surface area (Å²) in [6, 6.07) is 15.8. The van der Waals surface area contributed by atoms with E-state index in [2.05, 4.69) is 5.32 Å². The Morgan fingerprint density at radius 3 is 2.00 bits per heavy atom. The molecule has 2 aromatic carbocycles. The molecule has 1 aliphatic carbocycles. The van der Waals surface area contributed by atoms with Crippen LogP contribution < -0.4 is 10.6 Å². The minimum Gasteiger partial charge on any atom is -0.477 e. The van der Waals surface area contributed by atoms with Crippen LogP contribution >= 0.6 is 0 Å². The number of amides is 2. The summed E-state index contributed by atoms with van der Waals surface area (Å²) in [6.45, 7) is 1.44. The minimum atomic E-state index is -4.08. The Morgan fingerprint density at radius 1 is 0.938 bits per heavy atom. The highest BCUT2D eigenvalue weighted by Gasteiger charge is 2.40. The van der Waals surface area contributed by atoms with Crippen molar-refractivity contribution in [2.24, 2.45) is 5.41 Å². The van der Waals surface area contributed by atoms with Crippen LogP contribution in [0, 0.1) is 5.41 Å². The third-order valence-electron chi connectivity index (χ3n) is 5.42. The highest BCUT2D eigenvalue weighted by atomic mass is 19.3. The van der Waals surface area contributed by atoms with E-state index in [0.29, 0.717) is 0 Å². The van der Waals surface area contributed by atoms with Gasteiger partial charge in [0, 0.05) is 12.5 Å². The average molecular weight is 446 g/mol. The maximum atomic E-state index is 13.2. The van der Waals surface area contributed by atoms with Crippen LogP contribution in [0.2, 0.25) is 0 Å². The van der Waals surface area contributed by atoms with Gasteiger partial charge in [-0.3, -0.25) is 4.79 Å². The fraction of sp³-hybridized carbons (Fsp3) is 0.348. The van der Waals surface area contributed by atoms with Gasteiger partial charge in [-0.05, 0) is 36.1 Å². The Morgan fingerprint density at radius 2 is 1.47 bits per heavy atom. The van der Waals surface area contributed by atoms with Gasteiger partial charge in [0.1, 0.15) is 6.61 Å². The number of carboxylic acids is 1. The Hall–Kier alpha value is -3.49. The highest BCUT2D eigenvalue weighted by Crippen LogP contribution is 2.44. The van der Waals surface area contributed by atoms with Crippen LogP contribution in [0.5, 0.6) is 0 Å². The molecule has 32 heavy (non-hydrogen) atoms. The lowest BCUT2D eigenvalue weighted by atomic mass is 9.92. The molecule has 0 heterocycles. The van der Waals surface area contributed by atoms with Gasteiger partial charge in [-0.15, -0.1) is 0 Å². The summed E-state index contributed by atoms with van der Waals surface area (Å²) in [5.74, 6) is -7.35. The molecule has 0 fully saturated rings. The second kappa shape index (κ2) is 8.94. The van der Waals surface area contributed by atoms with Crippen LogP contribution in [0.25, 0.3) is 11.1 Å². The number of halogens is 2. The number of hydrogen-bond acceptors (Lipinski definition) is 4. The molecule has 0 atom stereocenters. The van der Waals surface area contributed by atoms with Gasteiger partial charge in [0.15, 0.2) is 0 Å². The summed E-state index contributed by atoms with van der Waals surface area (Å²) in [6.07, 6.45) is -0.747. The zero-order valence-electron chi connectivity index (χ0n) is 17.7. The SMILES string of the molecule is CC(C)(CNC(=O)OCC1c2ccccc2-c2ccccc21)C(=O)NCC(F)(F)C(=O)O. The number of rotatable bonds is 8. The topological polar surface area (TPSA) is 105 Å². The van der Waals surface area contributed by atoms with Crippen molar-refractivity contribution in [2.45, 2.75) is 25.7 Å². The molecular weight excluding hydrogens is 422 g/mol. The first-order chi connectivity index (χ1) is 15.0. The molecule has 0 bridgehead atoms. The maximum absolute atomic E-state index is 13.2. The number of alkyl halides is 2. The molecule has 2 amide bonds. The van der Waals surface area contributed by atoms with E-state index >= 15 is 0 Å². The van der Waals surface area contributed by atoms with Gasteiger partial charge in [-0.2, -0.15) is 8.78 Å². The molecule has 9 heteroatoms. The molecule has 0 saturated carbocycles. The fourth-order valence-electron chi connectivity index (χ4n) is 3.53. The summed E-state index contributed by atoms with van der Waals surface area (Å²) >= 11 is 0. The van der Waals surface area contributed by atoms with Gasteiger partial charge in [0.2, 0.25) is 5.91 Å². The van der Waals surface area contributed by atoms with Gasteiger partial charge in [0.25, 0.3) is 0 Å². The first-order valence-corrected chi connectivity index (χ1v) is 10.0. The van der Waals surface area contributed by atoms with Crippen molar-refractivity contribution in [3.05, 3.63) is 59.7 Å². The average Bonchev–Trinajstić information content (AvgIpc) is 3.08. The lowest BCUT2D eigenvalue weighted by molar-refractivity contribution is -0.164. The lowest BCUT2D eigenvalue weighted by Gasteiger charge is -2.25. The number of alkyl carbamates (subject to hydrolysis) is 1. The monoisotopic (exact) mass is 446 g/mol. The van der Waals surface area contributed by atoms with Crippen LogP contribution in [0.15, 0.2) is 48.5 Å².